The molecular weight excluding hydrogens is 515 g/mol. The van der Waals surface area contributed by atoms with Crippen LogP contribution in [0.1, 0.15) is 17.8 Å². The molecule has 1 aromatic heterocycles. The molecular formula is C24H33IN6O. The summed E-state index contributed by atoms with van der Waals surface area (Å²) in [5.74, 6) is 1.88. The molecule has 2 aromatic carbocycles. The van der Waals surface area contributed by atoms with E-state index in [0.717, 1.165) is 69.7 Å². The van der Waals surface area contributed by atoms with Gasteiger partial charge in [0.2, 0.25) is 0 Å². The van der Waals surface area contributed by atoms with E-state index in [2.05, 4.69) is 79.5 Å². The second-order valence-corrected chi connectivity index (χ2v) is 7.73. The minimum absolute atomic E-state index is 0. The highest BCUT2D eigenvalue weighted by atomic mass is 127. The molecule has 0 aliphatic carbocycles. The molecule has 0 spiro atoms. The topological polar surface area (TPSA) is 66.7 Å². The summed E-state index contributed by atoms with van der Waals surface area (Å²) in [4.78, 5) is 11.4. The van der Waals surface area contributed by atoms with Crippen molar-refractivity contribution in [2.75, 3.05) is 44.8 Å². The minimum atomic E-state index is 0. The number of fused-ring (bicyclic) bond motifs is 1. The molecule has 0 bridgehead atoms. The summed E-state index contributed by atoms with van der Waals surface area (Å²) in [5, 5.41) is 6.90. The number of hydrogen-bond acceptors (Lipinski definition) is 4. The van der Waals surface area contributed by atoms with Gasteiger partial charge in [0.05, 0.1) is 24.2 Å². The van der Waals surface area contributed by atoms with E-state index < -0.39 is 0 Å². The van der Waals surface area contributed by atoms with Gasteiger partial charge in [-0.1, -0.05) is 30.3 Å². The second kappa shape index (κ2) is 12.1. The van der Waals surface area contributed by atoms with Crippen molar-refractivity contribution in [1.29, 1.82) is 0 Å². The molecule has 0 amide bonds. The number of hydrogen-bond donors (Lipinski definition) is 2. The number of para-hydroxylation sites is 3. The molecule has 0 unspecified atom stereocenters. The maximum Gasteiger partial charge on any atom is 0.191 e. The lowest BCUT2D eigenvalue weighted by Gasteiger charge is -2.30. The number of nitrogens with one attached hydrogen (secondary N) is 2. The van der Waals surface area contributed by atoms with E-state index in [0.29, 0.717) is 0 Å². The van der Waals surface area contributed by atoms with Crippen molar-refractivity contribution in [3.63, 3.8) is 0 Å². The number of aromatic nitrogens is 2. The summed E-state index contributed by atoms with van der Waals surface area (Å²) in [6.45, 7) is 8.03. The lowest BCUT2D eigenvalue weighted by molar-refractivity contribution is 0.122. The molecule has 2 heterocycles. The largest absolute Gasteiger partial charge is 0.378 e. The number of imidazole rings is 1. The first kappa shape index (κ1) is 24.3. The zero-order valence-electron chi connectivity index (χ0n) is 18.9. The summed E-state index contributed by atoms with van der Waals surface area (Å²) in [5.41, 5.74) is 4.80. The number of ether oxygens (including phenoxy) is 1. The Morgan fingerprint density at radius 2 is 1.81 bits per heavy atom. The van der Waals surface area contributed by atoms with Crippen LogP contribution in [-0.2, 0) is 17.8 Å². The van der Waals surface area contributed by atoms with E-state index in [1.165, 1.54) is 16.8 Å². The standard InChI is InChI=1S/C24H32N6O.HI/c1-19-28-21-9-4-6-11-23(21)30(19)13-7-12-26-24(25-2)27-18-20-8-3-5-10-22(20)29-14-16-31-17-15-29;/h3-6,8-11H,7,12-18H2,1-2H3,(H2,25,26,27);1H. The van der Waals surface area contributed by atoms with Crippen LogP contribution in [0.2, 0.25) is 0 Å². The smallest absolute Gasteiger partial charge is 0.191 e. The number of rotatable bonds is 7. The number of benzene rings is 2. The van der Waals surface area contributed by atoms with Gasteiger partial charge >= 0.3 is 0 Å². The van der Waals surface area contributed by atoms with Crippen molar-refractivity contribution in [2.45, 2.75) is 26.4 Å². The highest BCUT2D eigenvalue weighted by molar-refractivity contribution is 14.0. The van der Waals surface area contributed by atoms with Crippen molar-refractivity contribution in [3.8, 4) is 0 Å². The Hall–Kier alpha value is -2.33. The van der Waals surface area contributed by atoms with Crippen LogP contribution in [0.4, 0.5) is 5.69 Å². The van der Waals surface area contributed by atoms with Gasteiger partial charge in [-0.25, -0.2) is 4.98 Å². The molecule has 7 nitrogen and oxygen atoms in total. The van der Waals surface area contributed by atoms with Crippen molar-refractivity contribution in [3.05, 3.63) is 59.9 Å². The fourth-order valence-corrected chi connectivity index (χ4v) is 4.09. The van der Waals surface area contributed by atoms with E-state index in [1.54, 1.807) is 0 Å². The number of nitrogens with zero attached hydrogens (tertiary/aromatic N) is 4. The molecule has 172 valence electrons. The van der Waals surface area contributed by atoms with Crippen LogP contribution in [-0.4, -0.2) is 55.4 Å². The molecule has 1 aliphatic heterocycles. The maximum absolute atomic E-state index is 5.50. The first-order valence-corrected chi connectivity index (χ1v) is 11.0. The Morgan fingerprint density at radius 1 is 1.06 bits per heavy atom. The summed E-state index contributed by atoms with van der Waals surface area (Å²) < 4.78 is 7.78. The Morgan fingerprint density at radius 3 is 2.62 bits per heavy atom. The van der Waals surface area contributed by atoms with E-state index in [1.807, 2.05) is 13.1 Å². The third-order valence-electron chi connectivity index (χ3n) is 5.71. The molecule has 4 rings (SSSR count). The van der Waals surface area contributed by atoms with Crippen molar-refractivity contribution in [2.24, 2.45) is 4.99 Å². The van der Waals surface area contributed by atoms with Gasteiger partial charge in [0, 0.05) is 45.5 Å². The number of guanidine groups is 1. The van der Waals surface area contributed by atoms with Crippen LogP contribution in [0.3, 0.4) is 0 Å². The van der Waals surface area contributed by atoms with Crippen LogP contribution >= 0.6 is 24.0 Å². The minimum Gasteiger partial charge on any atom is -0.378 e. The average molecular weight is 548 g/mol. The molecule has 2 N–H and O–H groups in total. The van der Waals surface area contributed by atoms with Crippen LogP contribution in [0, 0.1) is 6.92 Å². The molecule has 0 atom stereocenters. The molecule has 1 saturated heterocycles. The van der Waals surface area contributed by atoms with E-state index in [9.17, 15) is 0 Å². The predicted molar refractivity (Wildman–Crippen MR) is 142 cm³/mol. The van der Waals surface area contributed by atoms with Crippen LogP contribution in [0.5, 0.6) is 0 Å². The lowest BCUT2D eigenvalue weighted by Crippen LogP contribution is -2.39. The number of morpholine rings is 1. The highest BCUT2D eigenvalue weighted by Gasteiger charge is 2.14. The van der Waals surface area contributed by atoms with Gasteiger partial charge in [-0.15, -0.1) is 24.0 Å². The van der Waals surface area contributed by atoms with Gasteiger partial charge in [0.1, 0.15) is 5.82 Å². The van der Waals surface area contributed by atoms with Gasteiger partial charge < -0.3 is 24.8 Å². The van der Waals surface area contributed by atoms with E-state index in [-0.39, 0.29) is 24.0 Å². The third kappa shape index (κ3) is 5.92. The van der Waals surface area contributed by atoms with Crippen molar-refractivity contribution < 1.29 is 4.74 Å². The van der Waals surface area contributed by atoms with Crippen LogP contribution in [0.25, 0.3) is 11.0 Å². The molecule has 0 radical (unpaired) electrons. The third-order valence-corrected chi connectivity index (χ3v) is 5.71. The molecule has 1 fully saturated rings. The summed E-state index contributed by atoms with van der Waals surface area (Å²) >= 11 is 0. The second-order valence-electron chi connectivity index (χ2n) is 7.73. The fourth-order valence-electron chi connectivity index (χ4n) is 4.09. The molecule has 3 aromatic rings. The van der Waals surface area contributed by atoms with E-state index in [4.69, 9.17) is 4.74 Å². The molecule has 0 saturated carbocycles. The Labute approximate surface area is 207 Å². The highest BCUT2D eigenvalue weighted by Crippen LogP contribution is 2.21. The Kier molecular flexibility index (Phi) is 9.16. The van der Waals surface area contributed by atoms with Crippen LogP contribution < -0.4 is 15.5 Å². The van der Waals surface area contributed by atoms with Gasteiger partial charge in [0.25, 0.3) is 0 Å². The van der Waals surface area contributed by atoms with E-state index >= 15 is 0 Å². The lowest BCUT2D eigenvalue weighted by atomic mass is 10.1. The monoisotopic (exact) mass is 548 g/mol. The number of halogens is 1. The average Bonchev–Trinajstić information content (AvgIpc) is 3.14. The zero-order chi connectivity index (χ0) is 21.5. The van der Waals surface area contributed by atoms with Crippen molar-refractivity contribution in [1.82, 2.24) is 20.2 Å². The number of aryl methyl sites for hydroxylation is 2. The number of anilines is 1. The fraction of sp³-hybridized carbons (Fsp3) is 0.417. The van der Waals surface area contributed by atoms with Gasteiger partial charge in [-0.05, 0) is 37.1 Å². The quantitative estimate of drug-likeness (QED) is 0.205. The summed E-state index contributed by atoms with van der Waals surface area (Å²) in [7, 11) is 1.82. The Balaban J connectivity index is 0.00000289. The molecule has 1 aliphatic rings. The first-order valence-electron chi connectivity index (χ1n) is 11.0. The molecule has 8 heteroatoms. The van der Waals surface area contributed by atoms with Crippen LogP contribution in [0.15, 0.2) is 53.5 Å². The first-order chi connectivity index (χ1) is 15.3. The van der Waals surface area contributed by atoms with Gasteiger partial charge in [-0.3, -0.25) is 4.99 Å². The van der Waals surface area contributed by atoms with Gasteiger partial charge in [-0.2, -0.15) is 0 Å². The summed E-state index contributed by atoms with van der Waals surface area (Å²) in [6, 6.07) is 16.9. The maximum atomic E-state index is 5.50. The number of aliphatic imine (C=N–C) groups is 1. The Bertz CT molecular complexity index is 1030. The normalized spacial score (nSPS) is 14.3. The SMILES string of the molecule is CN=C(NCCCn1c(C)nc2ccccc21)NCc1ccccc1N1CCOCC1.I. The molecule has 32 heavy (non-hydrogen) atoms. The zero-order valence-corrected chi connectivity index (χ0v) is 21.2. The van der Waals surface area contributed by atoms with Crippen molar-refractivity contribution >= 4 is 46.7 Å². The summed E-state index contributed by atoms with van der Waals surface area (Å²) in [6.07, 6.45) is 0.992. The van der Waals surface area contributed by atoms with Gasteiger partial charge in [0.15, 0.2) is 5.96 Å². The predicted octanol–water partition coefficient (Wildman–Crippen LogP) is 3.55.